The monoisotopic (exact) mass is 368 g/mol. The maximum absolute atomic E-state index is 4.45. The van der Waals surface area contributed by atoms with Crippen LogP contribution >= 0.6 is 0 Å². The molecule has 0 unspecified atom stereocenters. The summed E-state index contributed by atoms with van der Waals surface area (Å²) in [5, 5.41) is 3.46. The molecule has 2 aliphatic heterocycles. The predicted octanol–water partition coefficient (Wildman–Crippen LogP) is 1.49. The molecule has 1 N–H and O–H groups in total. The fourth-order valence-electron chi connectivity index (χ4n) is 3.71. The van der Waals surface area contributed by atoms with Gasteiger partial charge in [-0.3, -0.25) is 4.90 Å². The summed E-state index contributed by atoms with van der Waals surface area (Å²) in [6, 6.07) is 3.94. The van der Waals surface area contributed by atoms with E-state index in [0.29, 0.717) is 0 Å². The van der Waals surface area contributed by atoms with Gasteiger partial charge in [0.05, 0.1) is 0 Å². The normalized spacial score (nSPS) is 18.5. The fourth-order valence-corrected chi connectivity index (χ4v) is 3.71. The largest absolute Gasteiger partial charge is 0.369 e. The Labute approximate surface area is 160 Å². The summed E-state index contributed by atoms with van der Waals surface area (Å²) in [5.74, 6) is 2.80. The van der Waals surface area contributed by atoms with Crippen LogP contribution in [0.5, 0.6) is 0 Å². The van der Waals surface area contributed by atoms with Gasteiger partial charge in [0.1, 0.15) is 18.0 Å². The Morgan fingerprint density at radius 2 is 1.59 bits per heavy atom. The number of nitrogens with zero attached hydrogens (tertiary/aromatic N) is 7. The fraction of sp³-hybridized carbons (Fsp3) is 0.579. The molecule has 0 amide bonds. The van der Waals surface area contributed by atoms with Crippen LogP contribution in [0.15, 0.2) is 30.9 Å². The molecule has 0 saturated carbocycles. The van der Waals surface area contributed by atoms with Crippen molar-refractivity contribution in [2.45, 2.75) is 19.3 Å². The lowest BCUT2D eigenvalue weighted by molar-refractivity contribution is 0.266. The number of nitrogens with one attached hydrogen (secondary N) is 1. The molecule has 0 aliphatic carbocycles. The smallest absolute Gasteiger partial charge is 0.225 e. The minimum Gasteiger partial charge on any atom is -0.369 e. The highest BCUT2D eigenvalue weighted by molar-refractivity contribution is 5.48. The Morgan fingerprint density at radius 3 is 2.37 bits per heavy atom. The Hall–Kier alpha value is -2.48. The molecule has 0 spiro atoms. The first-order valence-electron chi connectivity index (χ1n) is 9.94. The van der Waals surface area contributed by atoms with Crippen molar-refractivity contribution in [3.8, 4) is 0 Å². The molecular weight excluding hydrogens is 340 g/mol. The quantitative estimate of drug-likeness (QED) is 0.822. The highest BCUT2D eigenvalue weighted by Gasteiger charge is 2.18. The van der Waals surface area contributed by atoms with Crippen molar-refractivity contribution in [3.63, 3.8) is 0 Å². The van der Waals surface area contributed by atoms with Crippen molar-refractivity contribution in [3.05, 3.63) is 30.9 Å². The first kappa shape index (κ1) is 17.9. The van der Waals surface area contributed by atoms with Gasteiger partial charge in [0.25, 0.3) is 0 Å². The van der Waals surface area contributed by atoms with E-state index in [9.17, 15) is 0 Å². The first-order valence-corrected chi connectivity index (χ1v) is 9.94. The van der Waals surface area contributed by atoms with E-state index in [2.05, 4.69) is 46.0 Å². The number of anilines is 3. The number of rotatable bonds is 6. The number of hydrogen-bond donors (Lipinski definition) is 1. The van der Waals surface area contributed by atoms with Crippen LogP contribution in [0.4, 0.5) is 17.6 Å². The van der Waals surface area contributed by atoms with E-state index in [1.807, 2.05) is 6.07 Å². The molecule has 27 heavy (non-hydrogen) atoms. The average molecular weight is 368 g/mol. The molecular formula is C19H28N8. The maximum Gasteiger partial charge on any atom is 0.225 e. The van der Waals surface area contributed by atoms with Gasteiger partial charge in [-0.25, -0.2) is 19.9 Å². The third-order valence-corrected chi connectivity index (χ3v) is 5.27. The second-order valence-electron chi connectivity index (χ2n) is 7.11. The van der Waals surface area contributed by atoms with Crippen molar-refractivity contribution in [1.82, 2.24) is 24.8 Å². The van der Waals surface area contributed by atoms with E-state index in [-0.39, 0.29) is 0 Å². The van der Waals surface area contributed by atoms with Crippen LogP contribution in [0, 0.1) is 0 Å². The SMILES string of the molecule is c1cnc(N2CCN(CCNc3cc(N4CCCCC4)ncn3)CC2)nc1. The standard InChI is InChI=1S/C19H28N8/c1-2-8-26(9-3-1)18-15-17(23-16-24-18)20-7-10-25-11-13-27(14-12-25)19-21-5-4-6-22-19/h4-6,15-16H,1-3,7-14H2,(H,20,23,24). The molecule has 2 aromatic rings. The van der Waals surface area contributed by atoms with Crippen LogP contribution in [0.2, 0.25) is 0 Å². The minimum absolute atomic E-state index is 0.835. The van der Waals surface area contributed by atoms with E-state index in [1.54, 1.807) is 18.7 Å². The zero-order valence-corrected chi connectivity index (χ0v) is 15.8. The molecule has 2 saturated heterocycles. The Kier molecular flexibility index (Phi) is 5.93. The van der Waals surface area contributed by atoms with Crippen molar-refractivity contribution in [2.24, 2.45) is 0 Å². The van der Waals surface area contributed by atoms with Crippen LogP contribution < -0.4 is 15.1 Å². The molecule has 4 rings (SSSR count). The highest BCUT2D eigenvalue weighted by atomic mass is 15.3. The van der Waals surface area contributed by atoms with Crippen LogP contribution in [0.3, 0.4) is 0 Å². The van der Waals surface area contributed by atoms with Gasteiger partial charge in [-0.2, -0.15) is 0 Å². The van der Waals surface area contributed by atoms with Crippen LogP contribution in [-0.4, -0.2) is 77.2 Å². The van der Waals surface area contributed by atoms with Gasteiger partial charge >= 0.3 is 0 Å². The Balaban J connectivity index is 1.21. The zero-order chi connectivity index (χ0) is 18.3. The lowest BCUT2D eigenvalue weighted by atomic mass is 10.1. The summed E-state index contributed by atoms with van der Waals surface area (Å²) in [4.78, 5) is 24.6. The molecule has 0 aromatic carbocycles. The van der Waals surface area contributed by atoms with E-state index >= 15 is 0 Å². The second kappa shape index (κ2) is 8.94. The van der Waals surface area contributed by atoms with Crippen LogP contribution in [0.25, 0.3) is 0 Å². The van der Waals surface area contributed by atoms with Gasteiger partial charge in [0.2, 0.25) is 5.95 Å². The summed E-state index contributed by atoms with van der Waals surface area (Å²) >= 11 is 0. The van der Waals surface area contributed by atoms with E-state index in [1.165, 1.54) is 19.3 Å². The zero-order valence-electron chi connectivity index (χ0n) is 15.8. The number of aromatic nitrogens is 4. The lowest BCUT2D eigenvalue weighted by Crippen LogP contribution is -2.48. The number of piperazine rings is 1. The van der Waals surface area contributed by atoms with Gasteiger partial charge in [0.15, 0.2) is 0 Å². The second-order valence-corrected chi connectivity index (χ2v) is 7.11. The minimum atomic E-state index is 0.835. The van der Waals surface area contributed by atoms with E-state index < -0.39 is 0 Å². The summed E-state index contributed by atoms with van der Waals surface area (Å²) in [6.45, 7) is 8.10. The Bertz CT molecular complexity index is 696. The molecule has 4 heterocycles. The topological polar surface area (TPSA) is 73.3 Å². The molecule has 144 valence electrons. The van der Waals surface area contributed by atoms with Crippen molar-refractivity contribution in [1.29, 1.82) is 0 Å². The molecule has 0 radical (unpaired) electrons. The van der Waals surface area contributed by atoms with Crippen LogP contribution in [0.1, 0.15) is 19.3 Å². The van der Waals surface area contributed by atoms with E-state index in [0.717, 1.165) is 69.9 Å². The average Bonchev–Trinajstić information content (AvgIpc) is 2.76. The molecule has 8 nitrogen and oxygen atoms in total. The maximum atomic E-state index is 4.45. The van der Waals surface area contributed by atoms with Crippen molar-refractivity contribution < 1.29 is 0 Å². The summed E-state index contributed by atoms with van der Waals surface area (Å²) in [5.41, 5.74) is 0. The predicted molar refractivity (Wildman–Crippen MR) is 107 cm³/mol. The molecule has 0 atom stereocenters. The third-order valence-electron chi connectivity index (χ3n) is 5.27. The molecule has 0 bridgehead atoms. The molecule has 2 aliphatic rings. The lowest BCUT2D eigenvalue weighted by Gasteiger charge is -2.34. The molecule has 2 aromatic heterocycles. The van der Waals surface area contributed by atoms with Gasteiger partial charge in [-0.15, -0.1) is 0 Å². The highest BCUT2D eigenvalue weighted by Crippen LogP contribution is 2.19. The summed E-state index contributed by atoms with van der Waals surface area (Å²) in [7, 11) is 0. The number of piperidine rings is 1. The van der Waals surface area contributed by atoms with Crippen LogP contribution in [-0.2, 0) is 0 Å². The van der Waals surface area contributed by atoms with Crippen molar-refractivity contribution >= 4 is 17.6 Å². The molecule has 8 heteroatoms. The first-order chi connectivity index (χ1) is 13.4. The van der Waals surface area contributed by atoms with Gasteiger partial charge in [-0.1, -0.05) is 0 Å². The van der Waals surface area contributed by atoms with Gasteiger partial charge in [0, 0.05) is 70.8 Å². The van der Waals surface area contributed by atoms with Gasteiger partial charge < -0.3 is 15.1 Å². The third kappa shape index (κ3) is 4.82. The number of hydrogen-bond acceptors (Lipinski definition) is 8. The van der Waals surface area contributed by atoms with Crippen molar-refractivity contribution in [2.75, 3.05) is 67.5 Å². The van der Waals surface area contributed by atoms with E-state index in [4.69, 9.17) is 0 Å². The van der Waals surface area contributed by atoms with Gasteiger partial charge in [-0.05, 0) is 25.3 Å². The molecule has 2 fully saturated rings. The summed E-state index contributed by atoms with van der Waals surface area (Å²) < 4.78 is 0. The Morgan fingerprint density at radius 1 is 0.815 bits per heavy atom. The summed E-state index contributed by atoms with van der Waals surface area (Å²) in [6.07, 6.45) is 9.12.